The molecule has 0 unspecified atom stereocenters. The highest BCUT2D eigenvalue weighted by molar-refractivity contribution is 5.90. The van der Waals surface area contributed by atoms with Crippen LogP contribution in [-0.4, -0.2) is 25.7 Å². The number of carboxylic acids is 1. The van der Waals surface area contributed by atoms with Gasteiger partial charge in [0, 0.05) is 29.6 Å². The molecule has 0 saturated heterocycles. The third-order valence-electron chi connectivity index (χ3n) is 2.92. The van der Waals surface area contributed by atoms with E-state index in [0.29, 0.717) is 22.5 Å². The number of nitrogens with zero attached hydrogens (tertiary/aromatic N) is 3. The Hall–Kier alpha value is -3.02. The third kappa shape index (κ3) is 2.51. The van der Waals surface area contributed by atoms with Gasteiger partial charge in [-0.05, 0) is 24.3 Å². The first-order valence-corrected chi connectivity index (χ1v) is 6.15. The molecule has 0 aliphatic heterocycles. The molecule has 2 aromatic heterocycles. The van der Waals surface area contributed by atoms with Gasteiger partial charge in [-0.25, -0.2) is 18.7 Å². The fourth-order valence-electron chi connectivity index (χ4n) is 2.06. The molecule has 104 valence electrons. The van der Waals surface area contributed by atoms with Gasteiger partial charge in [-0.2, -0.15) is 5.10 Å². The van der Waals surface area contributed by atoms with Gasteiger partial charge in [0.1, 0.15) is 11.5 Å². The Balaban J connectivity index is 2.26. The van der Waals surface area contributed by atoms with E-state index in [1.807, 2.05) is 0 Å². The van der Waals surface area contributed by atoms with Crippen LogP contribution >= 0.6 is 0 Å². The zero-order chi connectivity index (χ0) is 14.8. The van der Waals surface area contributed by atoms with Crippen LogP contribution in [0.25, 0.3) is 23.0 Å². The molecule has 5 nitrogen and oxygen atoms in total. The normalized spacial score (nSPS) is 11.3. The summed E-state index contributed by atoms with van der Waals surface area (Å²) in [5.74, 6) is -1.46. The molecule has 1 N–H and O–H groups in total. The number of fused-ring (bicyclic) bond motifs is 1. The van der Waals surface area contributed by atoms with Crippen molar-refractivity contribution in [1.29, 1.82) is 0 Å². The van der Waals surface area contributed by atoms with Crippen LogP contribution in [0.1, 0.15) is 5.56 Å². The highest BCUT2D eigenvalue weighted by Gasteiger charge is 2.14. The zero-order valence-corrected chi connectivity index (χ0v) is 10.8. The molecule has 3 rings (SSSR count). The minimum Gasteiger partial charge on any atom is -0.478 e. The number of rotatable bonds is 3. The topological polar surface area (TPSA) is 67.5 Å². The highest BCUT2D eigenvalue weighted by Crippen LogP contribution is 2.26. The van der Waals surface area contributed by atoms with Crippen molar-refractivity contribution < 1.29 is 14.3 Å². The molecule has 6 heteroatoms. The van der Waals surface area contributed by atoms with E-state index in [2.05, 4.69) is 10.1 Å². The summed E-state index contributed by atoms with van der Waals surface area (Å²) in [5.41, 5.74) is 2.08. The van der Waals surface area contributed by atoms with Crippen LogP contribution in [0, 0.1) is 5.82 Å². The van der Waals surface area contributed by atoms with E-state index in [0.717, 1.165) is 6.08 Å². The first-order chi connectivity index (χ1) is 10.1. The number of hydrogen-bond donors (Lipinski definition) is 1. The number of halogens is 1. The van der Waals surface area contributed by atoms with E-state index in [1.54, 1.807) is 30.6 Å². The van der Waals surface area contributed by atoms with Gasteiger partial charge in [-0.15, -0.1) is 0 Å². The Morgan fingerprint density at radius 3 is 2.95 bits per heavy atom. The van der Waals surface area contributed by atoms with Crippen LogP contribution in [0.5, 0.6) is 0 Å². The van der Waals surface area contributed by atoms with Crippen LogP contribution < -0.4 is 0 Å². The Kier molecular flexibility index (Phi) is 3.19. The Morgan fingerprint density at radius 1 is 1.33 bits per heavy atom. The van der Waals surface area contributed by atoms with E-state index >= 15 is 0 Å². The van der Waals surface area contributed by atoms with Crippen molar-refractivity contribution in [1.82, 2.24) is 14.6 Å². The molecule has 21 heavy (non-hydrogen) atoms. The van der Waals surface area contributed by atoms with E-state index in [4.69, 9.17) is 5.11 Å². The van der Waals surface area contributed by atoms with Crippen LogP contribution in [0.3, 0.4) is 0 Å². The summed E-state index contributed by atoms with van der Waals surface area (Å²) < 4.78 is 14.9. The maximum Gasteiger partial charge on any atom is 0.328 e. The molecule has 0 fully saturated rings. The molecule has 0 amide bonds. The molecule has 0 bridgehead atoms. The van der Waals surface area contributed by atoms with E-state index in [-0.39, 0.29) is 5.82 Å². The summed E-state index contributed by atoms with van der Waals surface area (Å²) in [6, 6.07) is 7.68. The lowest BCUT2D eigenvalue weighted by Crippen LogP contribution is -1.88. The molecular formula is C15H10FN3O2. The van der Waals surface area contributed by atoms with E-state index < -0.39 is 5.97 Å². The van der Waals surface area contributed by atoms with Crippen LogP contribution in [0.2, 0.25) is 0 Å². The Labute approximate surface area is 119 Å². The van der Waals surface area contributed by atoms with Crippen molar-refractivity contribution >= 4 is 17.7 Å². The SMILES string of the molecule is O=C(O)/C=C/c1c(-c2cccc(F)c2)nn2cccnc12. The van der Waals surface area contributed by atoms with Gasteiger partial charge in [-0.1, -0.05) is 12.1 Å². The summed E-state index contributed by atoms with van der Waals surface area (Å²) in [6.45, 7) is 0. The molecule has 0 spiro atoms. The number of hydrogen-bond acceptors (Lipinski definition) is 3. The lowest BCUT2D eigenvalue weighted by atomic mass is 10.1. The van der Waals surface area contributed by atoms with Gasteiger partial charge >= 0.3 is 5.97 Å². The Morgan fingerprint density at radius 2 is 2.19 bits per heavy atom. The van der Waals surface area contributed by atoms with Gasteiger partial charge in [0.2, 0.25) is 0 Å². The van der Waals surface area contributed by atoms with Crippen molar-refractivity contribution in [3.05, 3.63) is 60.2 Å². The largest absolute Gasteiger partial charge is 0.478 e. The number of carbonyl (C=O) groups is 1. The standard InChI is InChI=1S/C15H10FN3O2/c16-11-4-1-3-10(9-11)14-12(5-6-13(20)21)15-17-7-2-8-19(15)18-14/h1-9H,(H,20,21)/b6-5+. The van der Waals surface area contributed by atoms with E-state index in [1.165, 1.54) is 22.7 Å². The summed E-state index contributed by atoms with van der Waals surface area (Å²) in [4.78, 5) is 14.9. The summed E-state index contributed by atoms with van der Waals surface area (Å²) in [6.07, 6.45) is 5.71. The number of benzene rings is 1. The fourth-order valence-corrected chi connectivity index (χ4v) is 2.06. The lowest BCUT2D eigenvalue weighted by molar-refractivity contribution is -0.131. The molecular weight excluding hydrogens is 273 g/mol. The molecule has 0 aliphatic carbocycles. The van der Waals surface area contributed by atoms with E-state index in [9.17, 15) is 9.18 Å². The van der Waals surface area contributed by atoms with Gasteiger partial charge in [0.15, 0.2) is 5.65 Å². The maximum absolute atomic E-state index is 13.4. The van der Waals surface area contributed by atoms with Crippen molar-refractivity contribution in [2.45, 2.75) is 0 Å². The molecule has 3 aromatic rings. The second-order valence-corrected chi connectivity index (χ2v) is 4.33. The number of aromatic nitrogens is 3. The highest BCUT2D eigenvalue weighted by atomic mass is 19.1. The average molecular weight is 283 g/mol. The first kappa shape index (κ1) is 13.0. The second-order valence-electron chi connectivity index (χ2n) is 4.33. The molecule has 0 saturated carbocycles. The van der Waals surface area contributed by atoms with Gasteiger partial charge in [0.05, 0.1) is 0 Å². The van der Waals surface area contributed by atoms with Gasteiger partial charge in [-0.3, -0.25) is 0 Å². The minimum atomic E-state index is -1.07. The fraction of sp³-hybridized carbons (Fsp3) is 0. The van der Waals surface area contributed by atoms with Crippen LogP contribution in [-0.2, 0) is 4.79 Å². The molecule has 2 heterocycles. The first-order valence-electron chi connectivity index (χ1n) is 6.15. The maximum atomic E-state index is 13.4. The second kappa shape index (κ2) is 5.16. The predicted molar refractivity (Wildman–Crippen MR) is 75.1 cm³/mol. The predicted octanol–water partition coefficient (Wildman–Crippen LogP) is 2.63. The van der Waals surface area contributed by atoms with Crippen molar-refractivity contribution in [3.8, 4) is 11.3 Å². The van der Waals surface area contributed by atoms with Crippen LogP contribution in [0.4, 0.5) is 4.39 Å². The van der Waals surface area contributed by atoms with Gasteiger partial charge < -0.3 is 5.11 Å². The van der Waals surface area contributed by atoms with Gasteiger partial charge in [0.25, 0.3) is 0 Å². The lowest BCUT2D eigenvalue weighted by Gasteiger charge is -1.98. The average Bonchev–Trinajstić information content (AvgIpc) is 2.84. The summed E-state index contributed by atoms with van der Waals surface area (Å²) >= 11 is 0. The molecule has 1 aromatic carbocycles. The summed E-state index contributed by atoms with van der Waals surface area (Å²) in [7, 11) is 0. The quantitative estimate of drug-likeness (QED) is 0.750. The number of carboxylic acid groups (broad SMARTS) is 1. The minimum absolute atomic E-state index is 0.384. The molecule has 0 atom stereocenters. The Bertz CT molecular complexity index is 855. The van der Waals surface area contributed by atoms with Crippen molar-refractivity contribution in [2.75, 3.05) is 0 Å². The molecule has 0 radical (unpaired) electrons. The van der Waals surface area contributed by atoms with Crippen molar-refractivity contribution in [3.63, 3.8) is 0 Å². The van der Waals surface area contributed by atoms with Crippen LogP contribution in [0.15, 0.2) is 48.8 Å². The van der Waals surface area contributed by atoms with Crippen molar-refractivity contribution in [2.24, 2.45) is 0 Å². The zero-order valence-electron chi connectivity index (χ0n) is 10.8. The summed E-state index contributed by atoms with van der Waals surface area (Å²) in [5, 5.41) is 13.1. The third-order valence-corrected chi connectivity index (χ3v) is 2.92. The monoisotopic (exact) mass is 283 g/mol. The number of aliphatic carboxylic acids is 1. The molecule has 0 aliphatic rings. The smallest absolute Gasteiger partial charge is 0.328 e.